The first kappa shape index (κ1) is 14.4. The molecule has 1 saturated carbocycles. The topological polar surface area (TPSA) is 124 Å². The number of aromatic nitrogens is 2. The Labute approximate surface area is 126 Å². The number of carboxylic acid groups (broad SMARTS) is 1. The van der Waals surface area contributed by atoms with Crippen molar-refractivity contribution in [1.82, 2.24) is 14.9 Å². The third kappa shape index (κ3) is 3.20. The molecule has 1 N–H and O–H groups in total. The molecule has 0 bridgehead atoms. The Morgan fingerprint density at radius 3 is 2.91 bits per heavy atom. The van der Waals surface area contributed by atoms with E-state index in [4.69, 9.17) is 10.3 Å². The van der Waals surface area contributed by atoms with Crippen LogP contribution in [0.5, 0.6) is 5.88 Å². The normalized spacial score (nSPS) is 23.9. The zero-order chi connectivity index (χ0) is 15.5. The van der Waals surface area contributed by atoms with Crippen LogP contribution in [0.4, 0.5) is 4.79 Å². The molecule has 0 unspecified atom stereocenters. The summed E-state index contributed by atoms with van der Waals surface area (Å²) in [5.74, 6) is 0.924. The van der Waals surface area contributed by atoms with Crippen molar-refractivity contribution >= 4 is 6.09 Å². The lowest BCUT2D eigenvalue weighted by Gasteiger charge is -2.18. The maximum atomic E-state index is 11.2. The monoisotopic (exact) mass is 304 g/mol. The predicted molar refractivity (Wildman–Crippen MR) is 75.6 cm³/mol. The van der Waals surface area contributed by atoms with Crippen molar-refractivity contribution in [2.24, 2.45) is 5.11 Å². The first-order valence-corrected chi connectivity index (χ1v) is 7.16. The van der Waals surface area contributed by atoms with Crippen molar-refractivity contribution < 1.29 is 14.6 Å². The standard InChI is InChI=1S/C13H16N6O3/c14-18-17-4-9-3-10(7-19(9)13(20)21)22-12-6-15-11(5-16-12)8-1-2-8/h5-6,8-10H,1-4,7H2,(H,20,21)/t9-,10+/m0/s1. The van der Waals surface area contributed by atoms with E-state index in [1.165, 1.54) is 4.90 Å². The third-order valence-corrected chi connectivity index (χ3v) is 3.91. The van der Waals surface area contributed by atoms with Gasteiger partial charge in [0.2, 0.25) is 5.88 Å². The maximum absolute atomic E-state index is 11.2. The van der Waals surface area contributed by atoms with Crippen LogP contribution in [0, 0.1) is 0 Å². The first-order valence-electron chi connectivity index (χ1n) is 7.16. The fourth-order valence-electron chi connectivity index (χ4n) is 2.64. The quantitative estimate of drug-likeness (QED) is 0.507. The van der Waals surface area contributed by atoms with Gasteiger partial charge in [0.15, 0.2) is 0 Å². The van der Waals surface area contributed by atoms with Gasteiger partial charge in [0.05, 0.1) is 24.6 Å². The minimum atomic E-state index is -1.04. The van der Waals surface area contributed by atoms with Crippen LogP contribution in [0.25, 0.3) is 10.4 Å². The lowest BCUT2D eigenvalue weighted by Crippen LogP contribution is -2.36. The second-order valence-electron chi connectivity index (χ2n) is 5.53. The van der Waals surface area contributed by atoms with Gasteiger partial charge in [-0.2, -0.15) is 0 Å². The van der Waals surface area contributed by atoms with Crippen LogP contribution in [0.15, 0.2) is 17.5 Å². The Morgan fingerprint density at radius 2 is 2.32 bits per heavy atom. The molecule has 1 saturated heterocycles. The zero-order valence-electron chi connectivity index (χ0n) is 11.9. The van der Waals surface area contributed by atoms with Crippen LogP contribution < -0.4 is 4.74 Å². The molecule has 0 radical (unpaired) electrons. The Bertz CT molecular complexity index is 596. The Balaban J connectivity index is 1.62. The van der Waals surface area contributed by atoms with Gasteiger partial charge in [0.1, 0.15) is 6.10 Å². The molecular weight excluding hydrogens is 288 g/mol. The van der Waals surface area contributed by atoms with Crippen molar-refractivity contribution in [3.8, 4) is 5.88 Å². The minimum absolute atomic E-state index is 0.106. The summed E-state index contributed by atoms with van der Waals surface area (Å²) in [4.78, 5) is 23.7. The van der Waals surface area contributed by atoms with E-state index in [1.54, 1.807) is 12.4 Å². The average molecular weight is 304 g/mol. The molecule has 2 aliphatic rings. The number of hydrogen-bond donors (Lipinski definition) is 1. The minimum Gasteiger partial charge on any atom is -0.471 e. The molecule has 1 aromatic heterocycles. The van der Waals surface area contributed by atoms with E-state index >= 15 is 0 Å². The zero-order valence-corrected chi connectivity index (χ0v) is 11.9. The van der Waals surface area contributed by atoms with E-state index in [-0.39, 0.29) is 25.2 Å². The van der Waals surface area contributed by atoms with Crippen molar-refractivity contribution in [2.45, 2.75) is 37.3 Å². The van der Waals surface area contributed by atoms with Crippen LogP contribution in [0.1, 0.15) is 30.9 Å². The van der Waals surface area contributed by atoms with Crippen molar-refractivity contribution in [2.75, 3.05) is 13.1 Å². The lowest BCUT2D eigenvalue weighted by atomic mass is 10.2. The number of likely N-dealkylation sites (tertiary alicyclic amines) is 1. The molecule has 1 aliphatic heterocycles. The van der Waals surface area contributed by atoms with E-state index in [9.17, 15) is 9.90 Å². The van der Waals surface area contributed by atoms with Crippen molar-refractivity contribution in [1.29, 1.82) is 0 Å². The van der Waals surface area contributed by atoms with Gasteiger partial charge in [-0.15, -0.1) is 0 Å². The van der Waals surface area contributed by atoms with E-state index in [1.807, 2.05) is 0 Å². The van der Waals surface area contributed by atoms with E-state index in [0.717, 1.165) is 18.5 Å². The van der Waals surface area contributed by atoms with Gasteiger partial charge in [0, 0.05) is 29.8 Å². The van der Waals surface area contributed by atoms with Gasteiger partial charge in [-0.3, -0.25) is 4.98 Å². The lowest BCUT2D eigenvalue weighted by molar-refractivity contribution is 0.134. The van der Waals surface area contributed by atoms with Gasteiger partial charge in [-0.05, 0) is 18.4 Å². The van der Waals surface area contributed by atoms with Gasteiger partial charge in [-0.1, -0.05) is 5.11 Å². The van der Waals surface area contributed by atoms with Crippen LogP contribution in [-0.4, -0.2) is 51.3 Å². The number of amides is 1. The molecule has 116 valence electrons. The molecule has 2 fully saturated rings. The molecule has 9 nitrogen and oxygen atoms in total. The van der Waals surface area contributed by atoms with Gasteiger partial charge in [-0.25, -0.2) is 9.78 Å². The summed E-state index contributed by atoms with van der Waals surface area (Å²) in [6, 6.07) is -0.364. The number of nitrogens with zero attached hydrogens (tertiary/aromatic N) is 6. The molecule has 1 amide bonds. The first-order chi connectivity index (χ1) is 10.7. The summed E-state index contributed by atoms with van der Waals surface area (Å²) in [5.41, 5.74) is 9.35. The van der Waals surface area contributed by atoms with E-state index < -0.39 is 6.09 Å². The van der Waals surface area contributed by atoms with Gasteiger partial charge in [0.25, 0.3) is 0 Å². The predicted octanol–water partition coefficient (Wildman–Crippen LogP) is 2.16. The smallest absolute Gasteiger partial charge is 0.407 e. The number of carbonyl (C=O) groups is 1. The fraction of sp³-hybridized carbons (Fsp3) is 0.615. The molecule has 2 heterocycles. The molecule has 1 aromatic rings. The number of ether oxygens (including phenoxy) is 1. The van der Waals surface area contributed by atoms with Crippen LogP contribution in [0.3, 0.4) is 0 Å². The summed E-state index contributed by atoms with van der Waals surface area (Å²) in [7, 11) is 0. The molecule has 0 aromatic carbocycles. The highest BCUT2D eigenvalue weighted by Gasteiger charge is 2.36. The van der Waals surface area contributed by atoms with Gasteiger partial charge >= 0.3 is 6.09 Å². The Morgan fingerprint density at radius 1 is 1.50 bits per heavy atom. The number of hydrogen-bond acceptors (Lipinski definition) is 5. The Kier molecular flexibility index (Phi) is 3.97. The van der Waals surface area contributed by atoms with Crippen LogP contribution in [-0.2, 0) is 0 Å². The molecule has 1 aliphatic carbocycles. The second-order valence-corrected chi connectivity index (χ2v) is 5.53. The molecule has 2 atom stereocenters. The highest BCUT2D eigenvalue weighted by atomic mass is 16.5. The van der Waals surface area contributed by atoms with Crippen molar-refractivity contribution in [3.63, 3.8) is 0 Å². The summed E-state index contributed by atoms with van der Waals surface area (Å²) in [6.45, 7) is 0.335. The second kappa shape index (κ2) is 6.07. The fourth-order valence-corrected chi connectivity index (χ4v) is 2.64. The summed E-state index contributed by atoms with van der Waals surface area (Å²) in [5, 5.41) is 12.6. The van der Waals surface area contributed by atoms with E-state index in [0.29, 0.717) is 18.2 Å². The summed E-state index contributed by atoms with van der Waals surface area (Å²) in [6.07, 6.45) is 4.74. The molecular formula is C13H16N6O3. The van der Waals surface area contributed by atoms with Crippen LogP contribution >= 0.6 is 0 Å². The van der Waals surface area contributed by atoms with E-state index in [2.05, 4.69) is 20.0 Å². The number of rotatable bonds is 5. The molecule has 9 heteroatoms. The maximum Gasteiger partial charge on any atom is 0.407 e. The van der Waals surface area contributed by atoms with Crippen molar-refractivity contribution in [3.05, 3.63) is 28.5 Å². The van der Waals surface area contributed by atoms with Crippen LogP contribution in [0.2, 0.25) is 0 Å². The SMILES string of the molecule is [N-]=[N+]=NC[C@@H]1C[C@@H](Oc2cnc(C3CC3)cn2)CN1C(=O)O. The highest BCUT2D eigenvalue weighted by molar-refractivity contribution is 5.66. The molecule has 22 heavy (non-hydrogen) atoms. The van der Waals surface area contributed by atoms with Gasteiger partial charge < -0.3 is 14.7 Å². The molecule has 3 rings (SSSR count). The average Bonchev–Trinajstić information content (AvgIpc) is 3.27. The summed E-state index contributed by atoms with van der Waals surface area (Å²) >= 11 is 0. The highest BCUT2D eigenvalue weighted by Crippen LogP contribution is 2.38. The Hall–Kier alpha value is -2.54. The number of azide groups is 1. The summed E-state index contributed by atoms with van der Waals surface area (Å²) < 4.78 is 5.71. The largest absolute Gasteiger partial charge is 0.471 e. The third-order valence-electron chi connectivity index (χ3n) is 3.91. The molecule has 0 spiro atoms.